The highest BCUT2D eigenvalue weighted by atomic mass is 19.2. The van der Waals surface area contributed by atoms with Crippen LogP contribution in [0.15, 0.2) is 139 Å². The molecule has 2 nitrogen and oxygen atoms in total. The Labute approximate surface area is 303 Å². The third kappa shape index (κ3) is 4.19. The van der Waals surface area contributed by atoms with Gasteiger partial charge < -0.3 is 9.47 Å². The molecule has 260 valence electrons. The summed E-state index contributed by atoms with van der Waals surface area (Å²) in [5.41, 5.74) is 8.62. The van der Waals surface area contributed by atoms with Crippen LogP contribution in [0.3, 0.4) is 0 Å². The molecule has 4 aliphatic rings. The average molecular weight is 707 g/mol. The molecular weight excluding hydrogens is 676 g/mol. The molecule has 1 spiro atoms. The molecule has 0 aliphatic heterocycles. The number of benzene rings is 5. The number of halogens is 5. The van der Waals surface area contributed by atoms with Crippen molar-refractivity contribution in [2.75, 3.05) is 4.90 Å². The van der Waals surface area contributed by atoms with Crippen LogP contribution >= 0.6 is 0 Å². The zero-order valence-electron chi connectivity index (χ0n) is 28.6. The van der Waals surface area contributed by atoms with E-state index in [0.717, 1.165) is 56.9 Å². The quantitative estimate of drug-likeness (QED) is 0.101. The molecule has 6 aromatic rings. The zero-order valence-corrected chi connectivity index (χ0v) is 28.6. The second-order valence-corrected chi connectivity index (χ2v) is 14.2. The van der Waals surface area contributed by atoms with Crippen molar-refractivity contribution in [1.82, 2.24) is 4.57 Å². The Bertz CT molecular complexity index is 2600. The van der Waals surface area contributed by atoms with Crippen LogP contribution in [0.1, 0.15) is 48.6 Å². The molecule has 5 aromatic carbocycles. The molecule has 1 aromatic heterocycles. The van der Waals surface area contributed by atoms with Crippen LogP contribution < -0.4 is 4.90 Å². The highest BCUT2D eigenvalue weighted by molar-refractivity contribution is 6.06. The van der Waals surface area contributed by atoms with Crippen molar-refractivity contribution in [3.05, 3.63) is 190 Å². The molecule has 10 rings (SSSR count). The second kappa shape index (κ2) is 11.5. The van der Waals surface area contributed by atoms with E-state index >= 15 is 17.6 Å². The summed E-state index contributed by atoms with van der Waals surface area (Å²) in [4.78, 5) is 2.11. The largest absolute Gasteiger partial charge is 0.310 e. The molecule has 2 unspecified atom stereocenters. The summed E-state index contributed by atoms with van der Waals surface area (Å²) < 4.78 is 78.6. The Balaban J connectivity index is 1.39. The summed E-state index contributed by atoms with van der Waals surface area (Å²) in [5, 5.41) is 0.673. The van der Waals surface area contributed by atoms with Crippen LogP contribution in [0.2, 0.25) is 0 Å². The van der Waals surface area contributed by atoms with E-state index < -0.39 is 40.2 Å². The highest BCUT2D eigenvalue weighted by Gasteiger charge is 2.56. The summed E-state index contributed by atoms with van der Waals surface area (Å²) in [7, 11) is 0. The number of fused-ring (bicyclic) bond motifs is 10. The summed E-state index contributed by atoms with van der Waals surface area (Å²) >= 11 is 0. The summed E-state index contributed by atoms with van der Waals surface area (Å²) in [5.74, 6) is -9.64. The van der Waals surface area contributed by atoms with Crippen molar-refractivity contribution < 1.29 is 22.0 Å². The number of nitrogens with zero attached hydrogens (tertiary/aromatic N) is 2. The van der Waals surface area contributed by atoms with Gasteiger partial charge >= 0.3 is 0 Å². The van der Waals surface area contributed by atoms with E-state index in [1.807, 2.05) is 84.9 Å². The molecule has 4 aliphatic carbocycles. The third-order valence-electron chi connectivity index (χ3n) is 11.4. The second-order valence-electron chi connectivity index (χ2n) is 14.2. The molecule has 0 N–H and O–H groups in total. The number of para-hydroxylation sites is 2. The lowest BCUT2D eigenvalue weighted by Crippen LogP contribution is -2.29. The number of anilines is 3. The first-order valence-corrected chi connectivity index (χ1v) is 17.9. The van der Waals surface area contributed by atoms with Crippen molar-refractivity contribution in [2.45, 2.75) is 31.6 Å². The van der Waals surface area contributed by atoms with Gasteiger partial charge in [-0.25, -0.2) is 22.0 Å². The molecule has 0 fully saturated rings. The Morgan fingerprint density at radius 3 is 2.04 bits per heavy atom. The summed E-state index contributed by atoms with van der Waals surface area (Å²) in [6, 6.07) is 33.7. The highest BCUT2D eigenvalue weighted by Crippen LogP contribution is 2.66. The van der Waals surface area contributed by atoms with E-state index in [0.29, 0.717) is 29.4 Å². The maximum Gasteiger partial charge on any atom is 0.200 e. The van der Waals surface area contributed by atoms with E-state index in [9.17, 15) is 4.39 Å². The van der Waals surface area contributed by atoms with E-state index in [4.69, 9.17) is 0 Å². The molecule has 1 heterocycles. The maximum atomic E-state index is 16.2. The summed E-state index contributed by atoms with van der Waals surface area (Å²) in [6.07, 6.45) is 10.6. The van der Waals surface area contributed by atoms with Gasteiger partial charge in [-0.15, -0.1) is 0 Å². The van der Waals surface area contributed by atoms with Gasteiger partial charge in [-0.2, -0.15) is 0 Å². The van der Waals surface area contributed by atoms with E-state index in [1.54, 1.807) is 6.07 Å². The predicted octanol–water partition coefficient (Wildman–Crippen LogP) is 12.6. The van der Waals surface area contributed by atoms with Crippen LogP contribution in [0, 0.1) is 35.0 Å². The molecule has 53 heavy (non-hydrogen) atoms. The van der Waals surface area contributed by atoms with Crippen molar-refractivity contribution in [2.24, 2.45) is 5.92 Å². The fourth-order valence-corrected chi connectivity index (χ4v) is 9.37. The van der Waals surface area contributed by atoms with Crippen LogP contribution in [0.4, 0.5) is 39.0 Å². The SMILES string of the molecule is CC1C=CC2=C(C1)C1(C3=C(CCC=C3)c3c1c1cc(N(c4ccccc4)c4ccccc4)ccc1n3-c1c(F)c(F)c(F)c(F)c1F)c1ccccc12. The molecule has 0 radical (unpaired) electrons. The minimum Gasteiger partial charge on any atom is -0.310 e. The Morgan fingerprint density at radius 2 is 1.34 bits per heavy atom. The summed E-state index contributed by atoms with van der Waals surface area (Å²) in [6.45, 7) is 2.17. The van der Waals surface area contributed by atoms with Crippen molar-refractivity contribution in [3.8, 4) is 5.69 Å². The normalized spacial score (nSPS) is 19.6. The molecule has 0 saturated heterocycles. The first-order valence-electron chi connectivity index (χ1n) is 17.9. The van der Waals surface area contributed by atoms with Gasteiger partial charge in [-0.05, 0) is 101 Å². The number of aromatic nitrogens is 1. The van der Waals surface area contributed by atoms with Gasteiger partial charge in [-0.1, -0.05) is 91.9 Å². The van der Waals surface area contributed by atoms with Crippen molar-refractivity contribution in [3.63, 3.8) is 0 Å². The number of allylic oxidation sites excluding steroid dienone is 8. The fraction of sp³-hybridized carbons (Fsp3) is 0.130. The van der Waals surface area contributed by atoms with E-state index in [-0.39, 0.29) is 5.92 Å². The van der Waals surface area contributed by atoms with Gasteiger partial charge in [0.1, 0.15) is 5.69 Å². The van der Waals surface area contributed by atoms with Crippen molar-refractivity contribution >= 4 is 39.1 Å². The number of hydrogen-bond acceptors (Lipinski definition) is 1. The zero-order chi connectivity index (χ0) is 36.2. The molecule has 2 atom stereocenters. The van der Waals surface area contributed by atoms with Gasteiger partial charge in [0, 0.05) is 28.0 Å². The first-order chi connectivity index (χ1) is 25.8. The standard InChI is InChI=1S/C46H31F5N2/c1-26-20-22-31-30-16-8-10-18-34(30)46(36(31)24-26)35-19-11-9-17-32(35)44-38(46)33-25-29(52(27-12-4-2-5-13-27)28-14-6-3-7-15-28)21-23-37(33)53(44)45-42(50)40(48)39(47)41(49)43(45)51/h2-8,10-16,18-23,25-26H,9,17,24H2,1H3. The molecule has 0 bridgehead atoms. The van der Waals surface area contributed by atoms with Gasteiger partial charge in [-0.3, -0.25) is 0 Å². The molecule has 7 heteroatoms. The number of hydrogen-bond donors (Lipinski definition) is 0. The average Bonchev–Trinajstić information content (AvgIpc) is 3.79. The van der Waals surface area contributed by atoms with Gasteiger partial charge in [0.15, 0.2) is 23.3 Å². The van der Waals surface area contributed by atoms with Gasteiger partial charge in [0.25, 0.3) is 0 Å². The van der Waals surface area contributed by atoms with E-state index in [1.165, 1.54) is 10.1 Å². The Morgan fingerprint density at radius 1 is 0.698 bits per heavy atom. The van der Waals surface area contributed by atoms with E-state index in [2.05, 4.69) is 48.3 Å². The maximum absolute atomic E-state index is 16.2. The van der Waals surface area contributed by atoms with Crippen molar-refractivity contribution in [1.29, 1.82) is 0 Å². The Kier molecular flexibility index (Phi) is 6.91. The lowest BCUT2D eigenvalue weighted by Gasteiger charge is -2.36. The minimum absolute atomic E-state index is 0.214. The van der Waals surface area contributed by atoms with Gasteiger partial charge in [0.05, 0.1) is 16.6 Å². The molecule has 0 amide bonds. The number of rotatable bonds is 4. The molecular formula is C46H31F5N2. The predicted molar refractivity (Wildman–Crippen MR) is 200 cm³/mol. The monoisotopic (exact) mass is 706 g/mol. The smallest absolute Gasteiger partial charge is 0.200 e. The lowest BCUT2D eigenvalue weighted by molar-refractivity contribution is 0.376. The van der Waals surface area contributed by atoms with Gasteiger partial charge in [0.2, 0.25) is 5.82 Å². The first kappa shape index (κ1) is 31.8. The van der Waals surface area contributed by atoms with Crippen LogP contribution in [0.25, 0.3) is 27.7 Å². The van der Waals surface area contributed by atoms with Crippen LogP contribution in [-0.2, 0) is 5.41 Å². The fourth-order valence-electron chi connectivity index (χ4n) is 9.37. The Hall–Kier alpha value is -5.95. The van der Waals surface area contributed by atoms with Crippen LogP contribution in [-0.4, -0.2) is 4.57 Å². The van der Waals surface area contributed by atoms with Crippen LogP contribution in [0.5, 0.6) is 0 Å². The lowest BCUT2D eigenvalue weighted by atomic mass is 9.65. The third-order valence-corrected chi connectivity index (χ3v) is 11.4. The minimum atomic E-state index is -2.18. The molecule has 0 saturated carbocycles. The topological polar surface area (TPSA) is 8.17 Å².